The van der Waals surface area contributed by atoms with Gasteiger partial charge in [-0.25, -0.2) is 0 Å². The van der Waals surface area contributed by atoms with Crippen LogP contribution in [0.3, 0.4) is 0 Å². The Hall–Kier alpha value is -6.06. The van der Waals surface area contributed by atoms with Gasteiger partial charge in [0, 0.05) is 51.5 Å². The van der Waals surface area contributed by atoms with Gasteiger partial charge in [-0.05, 0) is 78.9 Å². The largest absolute Gasteiger partial charge is 0.135 e. The SMILES string of the molecule is c1ccc2c(c1)C1=C(c3ccccc3C13c1ccccc1-c1c3ccc3c1sc1ccccc13)C21c2ccccc2-c2c1ccc1c2sc2ccccc21. The number of thiophene rings is 2. The monoisotopic (exact) mass is 716 g/mol. The molecule has 0 saturated carbocycles. The summed E-state index contributed by atoms with van der Waals surface area (Å²) >= 11 is 3.91. The number of allylic oxidation sites excluding steroid dienone is 2. The van der Waals surface area contributed by atoms with E-state index in [-0.39, 0.29) is 0 Å². The predicted molar refractivity (Wildman–Crippen MR) is 229 cm³/mol. The fraction of sp³-hybridized carbons (Fsp3) is 0.0385. The third-order valence-corrected chi connectivity index (χ3v) is 15.7. The minimum absolute atomic E-state index is 0.457. The van der Waals surface area contributed by atoms with Crippen molar-refractivity contribution in [2.24, 2.45) is 0 Å². The van der Waals surface area contributed by atoms with Crippen LogP contribution in [0.4, 0.5) is 0 Å². The number of hydrogen-bond donors (Lipinski definition) is 0. The van der Waals surface area contributed by atoms with E-state index in [9.17, 15) is 0 Å². The van der Waals surface area contributed by atoms with Crippen LogP contribution in [0.1, 0.15) is 44.5 Å². The molecule has 4 aliphatic rings. The summed E-state index contributed by atoms with van der Waals surface area (Å²) in [4.78, 5) is 0. The predicted octanol–water partition coefficient (Wildman–Crippen LogP) is 14.0. The van der Waals surface area contributed by atoms with E-state index >= 15 is 0 Å². The molecule has 2 aromatic heterocycles. The quantitative estimate of drug-likeness (QED) is 0.147. The molecule has 2 heteroatoms. The van der Waals surface area contributed by atoms with E-state index in [0.717, 1.165) is 0 Å². The molecule has 54 heavy (non-hydrogen) atoms. The molecule has 0 bridgehead atoms. The van der Waals surface area contributed by atoms with Gasteiger partial charge in [0.25, 0.3) is 0 Å². The lowest BCUT2D eigenvalue weighted by atomic mass is 9.66. The second kappa shape index (κ2) is 9.53. The fourth-order valence-electron chi connectivity index (χ4n) is 11.6. The van der Waals surface area contributed by atoms with Crippen molar-refractivity contribution in [1.82, 2.24) is 0 Å². The van der Waals surface area contributed by atoms with Crippen LogP contribution in [0.25, 0.3) is 73.7 Å². The molecule has 8 aromatic carbocycles. The molecule has 0 aliphatic heterocycles. The molecule has 2 unspecified atom stereocenters. The summed E-state index contributed by atoms with van der Waals surface area (Å²) in [6.07, 6.45) is 0. The molecule has 248 valence electrons. The zero-order valence-electron chi connectivity index (χ0n) is 29.0. The lowest BCUT2D eigenvalue weighted by Crippen LogP contribution is -2.28. The summed E-state index contributed by atoms with van der Waals surface area (Å²) in [5.41, 5.74) is 18.8. The minimum Gasteiger partial charge on any atom is -0.135 e. The maximum Gasteiger partial charge on any atom is 0.0729 e. The van der Waals surface area contributed by atoms with E-state index in [1.165, 1.54) is 118 Å². The van der Waals surface area contributed by atoms with Gasteiger partial charge >= 0.3 is 0 Å². The summed E-state index contributed by atoms with van der Waals surface area (Å²) in [7, 11) is 0. The van der Waals surface area contributed by atoms with Gasteiger partial charge in [-0.3, -0.25) is 0 Å². The van der Waals surface area contributed by atoms with Crippen molar-refractivity contribution in [2.45, 2.75) is 10.8 Å². The summed E-state index contributed by atoms with van der Waals surface area (Å²) < 4.78 is 5.49. The zero-order valence-corrected chi connectivity index (χ0v) is 30.6. The van der Waals surface area contributed by atoms with Gasteiger partial charge in [0.1, 0.15) is 0 Å². The van der Waals surface area contributed by atoms with Crippen molar-refractivity contribution in [3.05, 3.63) is 214 Å². The Morgan fingerprint density at radius 3 is 1.07 bits per heavy atom. The summed E-state index contributed by atoms with van der Waals surface area (Å²) in [5, 5.41) is 5.41. The van der Waals surface area contributed by atoms with Crippen LogP contribution in [-0.2, 0) is 10.8 Å². The highest BCUT2D eigenvalue weighted by atomic mass is 32.1. The highest BCUT2D eigenvalue weighted by Crippen LogP contribution is 2.75. The first kappa shape index (κ1) is 28.4. The standard InChI is InChI=1S/C52H28S2/c1-7-19-37-33(15-1)45-41(27-25-31-29-13-5-11-23-43(29)53-49(31)45)51(37)39-21-9-3-17-35(39)48-47(51)36-18-4-10-22-40(36)52(48)38-20-8-2-16-34(38)46-42(52)28-26-32-30-14-6-12-24-44(30)54-50(32)46/h1-28H. The highest BCUT2D eigenvalue weighted by Gasteiger charge is 2.63. The maximum atomic E-state index is 2.49. The second-order valence-corrected chi connectivity index (χ2v) is 17.5. The molecular formula is C52H28S2. The van der Waals surface area contributed by atoms with Gasteiger partial charge in [-0.15, -0.1) is 22.7 Å². The molecule has 0 fully saturated rings. The van der Waals surface area contributed by atoms with Crippen molar-refractivity contribution in [2.75, 3.05) is 0 Å². The summed E-state index contributed by atoms with van der Waals surface area (Å²) in [5.74, 6) is 0. The maximum absolute atomic E-state index is 2.49. The molecule has 2 spiro atoms. The van der Waals surface area contributed by atoms with Gasteiger partial charge in [-0.1, -0.05) is 158 Å². The zero-order chi connectivity index (χ0) is 34.9. The van der Waals surface area contributed by atoms with Gasteiger partial charge < -0.3 is 0 Å². The van der Waals surface area contributed by atoms with Crippen LogP contribution in [0.15, 0.2) is 170 Å². The van der Waals surface area contributed by atoms with E-state index < -0.39 is 10.8 Å². The number of hydrogen-bond acceptors (Lipinski definition) is 2. The molecule has 0 radical (unpaired) electrons. The smallest absolute Gasteiger partial charge is 0.0729 e. The van der Waals surface area contributed by atoms with Crippen molar-refractivity contribution < 1.29 is 0 Å². The Bertz CT molecular complexity index is 3180. The van der Waals surface area contributed by atoms with Gasteiger partial charge in [0.2, 0.25) is 0 Å². The first-order valence-electron chi connectivity index (χ1n) is 18.9. The average Bonchev–Trinajstić information content (AvgIpc) is 4.05. The molecule has 0 N–H and O–H groups in total. The Morgan fingerprint density at radius 1 is 0.278 bits per heavy atom. The lowest BCUT2D eigenvalue weighted by molar-refractivity contribution is 0.827. The molecule has 2 atom stereocenters. The van der Waals surface area contributed by atoms with Crippen molar-refractivity contribution in [1.29, 1.82) is 0 Å². The van der Waals surface area contributed by atoms with E-state index in [4.69, 9.17) is 0 Å². The molecular weight excluding hydrogens is 689 g/mol. The normalized spacial score (nSPS) is 19.6. The molecule has 0 saturated heterocycles. The topological polar surface area (TPSA) is 0 Å². The van der Waals surface area contributed by atoms with Crippen LogP contribution >= 0.6 is 22.7 Å². The van der Waals surface area contributed by atoms with Crippen molar-refractivity contribution in [3.8, 4) is 22.3 Å². The molecule has 10 aromatic rings. The number of rotatable bonds is 0. The average molecular weight is 717 g/mol. The van der Waals surface area contributed by atoms with Gasteiger partial charge in [0.15, 0.2) is 0 Å². The Labute approximate surface area is 319 Å². The molecule has 14 rings (SSSR count). The Morgan fingerprint density at radius 2 is 0.630 bits per heavy atom. The van der Waals surface area contributed by atoms with Crippen molar-refractivity contribution >= 4 is 74.2 Å². The summed E-state index contributed by atoms with van der Waals surface area (Å²) in [6.45, 7) is 0. The van der Waals surface area contributed by atoms with Crippen LogP contribution < -0.4 is 0 Å². The lowest BCUT2D eigenvalue weighted by Gasteiger charge is -2.34. The van der Waals surface area contributed by atoms with Crippen LogP contribution in [-0.4, -0.2) is 0 Å². The van der Waals surface area contributed by atoms with Crippen LogP contribution in [0.5, 0.6) is 0 Å². The van der Waals surface area contributed by atoms with Crippen LogP contribution in [0, 0.1) is 0 Å². The number of fused-ring (bicyclic) bond motifs is 26. The number of benzene rings is 8. The van der Waals surface area contributed by atoms with E-state index in [1.807, 2.05) is 22.7 Å². The first-order valence-corrected chi connectivity index (χ1v) is 20.5. The van der Waals surface area contributed by atoms with Gasteiger partial charge in [0.05, 0.1) is 10.8 Å². The minimum atomic E-state index is -0.457. The van der Waals surface area contributed by atoms with E-state index in [0.29, 0.717) is 0 Å². The first-order chi connectivity index (χ1) is 26.8. The second-order valence-electron chi connectivity index (χ2n) is 15.4. The molecule has 4 aliphatic carbocycles. The third-order valence-electron chi connectivity index (χ3n) is 13.3. The highest BCUT2D eigenvalue weighted by molar-refractivity contribution is 7.26. The molecule has 0 amide bonds. The van der Waals surface area contributed by atoms with E-state index in [1.54, 1.807) is 0 Å². The van der Waals surface area contributed by atoms with Gasteiger partial charge in [-0.2, -0.15) is 0 Å². The Kier molecular flexibility index (Phi) is 5.02. The van der Waals surface area contributed by atoms with Crippen LogP contribution in [0.2, 0.25) is 0 Å². The molecule has 2 heterocycles. The molecule has 0 nitrogen and oxygen atoms in total. The summed E-state index contributed by atoms with van der Waals surface area (Å²) in [6, 6.07) is 65.3. The van der Waals surface area contributed by atoms with E-state index in [2.05, 4.69) is 170 Å². The van der Waals surface area contributed by atoms with Crippen molar-refractivity contribution in [3.63, 3.8) is 0 Å². The Balaban J connectivity index is 1.19. The fourth-order valence-corrected chi connectivity index (χ4v) is 14.1. The third kappa shape index (κ3) is 2.93.